The van der Waals surface area contributed by atoms with Gasteiger partial charge in [-0.25, -0.2) is 0 Å². The molecule has 0 radical (unpaired) electrons. The number of ketones is 1. The van der Waals surface area contributed by atoms with Crippen molar-refractivity contribution >= 4 is 17.4 Å². The van der Waals surface area contributed by atoms with Gasteiger partial charge in [-0.3, -0.25) is 9.59 Å². The first kappa shape index (κ1) is 20.3. The van der Waals surface area contributed by atoms with Crippen molar-refractivity contribution < 1.29 is 14.3 Å². The number of anilines is 1. The third-order valence-corrected chi connectivity index (χ3v) is 4.74. The molecule has 4 heteroatoms. The zero-order valence-electron chi connectivity index (χ0n) is 16.9. The third-order valence-electron chi connectivity index (χ3n) is 4.74. The summed E-state index contributed by atoms with van der Waals surface area (Å²) in [7, 11) is 0. The molecule has 3 rings (SSSR count). The highest BCUT2D eigenvalue weighted by atomic mass is 16.5. The van der Waals surface area contributed by atoms with E-state index in [-0.39, 0.29) is 11.7 Å². The molecule has 1 amide bonds. The van der Waals surface area contributed by atoms with Crippen molar-refractivity contribution in [3.05, 3.63) is 95.1 Å². The molecule has 4 nitrogen and oxygen atoms in total. The van der Waals surface area contributed by atoms with Crippen LogP contribution in [-0.4, -0.2) is 17.8 Å². The fraction of sp³-hybridized carbons (Fsp3) is 0.200. The normalized spacial score (nSPS) is 11.6. The van der Waals surface area contributed by atoms with E-state index in [4.69, 9.17) is 4.74 Å². The minimum absolute atomic E-state index is 0.134. The van der Waals surface area contributed by atoms with E-state index in [0.29, 0.717) is 29.0 Å². The molecular weight excluding hydrogens is 362 g/mol. The first-order valence-electron chi connectivity index (χ1n) is 9.73. The molecular formula is C25H25NO3. The second-order valence-corrected chi connectivity index (χ2v) is 7.01. The van der Waals surface area contributed by atoms with Gasteiger partial charge in [0.2, 0.25) is 0 Å². The van der Waals surface area contributed by atoms with E-state index in [1.165, 1.54) is 0 Å². The molecule has 1 N–H and O–H groups in total. The number of ether oxygens (including phenoxy) is 1. The summed E-state index contributed by atoms with van der Waals surface area (Å²) < 4.78 is 6.00. The number of para-hydroxylation sites is 1. The molecule has 0 spiro atoms. The second kappa shape index (κ2) is 9.20. The summed E-state index contributed by atoms with van der Waals surface area (Å²) in [4.78, 5) is 25.8. The average Bonchev–Trinajstić information content (AvgIpc) is 2.74. The van der Waals surface area contributed by atoms with Gasteiger partial charge in [-0.2, -0.15) is 0 Å². The molecule has 1 unspecified atom stereocenters. The van der Waals surface area contributed by atoms with Crippen LogP contribution in [0.1, 0.15) is 40.4 Å². The van der Waals surface area contributed by atoms with Gasteiger partial charge >= 0.3 is 0 Å². The fourth-order valence-electron chi connectivity index (χ4n) is 3.06. The molecule has 0 saturated carbocycles. The SMILES string of the molecule is CCC(Oc1cc(C)ccc1C)C(=O)Nc1ccccc1C(=O)c1ccccc1. The Hall–Kier alpha value is -3.40. The van der Waals surface area contributed by atoms with Crippen LogP contribution in [0.2, 0.25) is 0 Å². The Kier molecular flexibility index (Phi) is 6.45. The lowest BCUT2D eigenvalue weighted by Crippen LogP contribution is -2.33. The van der Waals surface area contributed by atoms with Crippen molar-refractivity contribution in [1.82, 2.24) is 0 Å². The Bertz CT molecular complexity index is 1010. The fourth-order valence-corrected chi connectivity index (χ4v) is 3.06. The maximum Gasteiger partial charge on any atom is 0.265 e. The first-order chi connectivity index (χ1) is 14.0. The molecule has 148 valence electrons. The van der Waals surface area contributed by atoms with E-state index in [1.54, 1.807) is 36.4 Å². The van der Waals surface area contributed by atoms with E-state index < -0.39 is 6.10 Å². The Morgan fingerprint density at radius 1 is 0.931 bits per heavy atom. The smallest absolute Gasteiger partial charge is 0.265 e. The number of amides is 1. The van der Waals surface area contributed by atoms with Crippen LogP contribution in [-0.2, 0) is 4.79 Å². The summed E-state index contributed by atoms with van der Waals surface area (Å²) in [6.45, 7) is 5.84. The lowest BCUT2D eigenvalue weighted by molar-refractivity contribution is -0.122. The monoisotopic (exact) mass is 387 g/mol. The van der Waals surface area contributed by atoms with Crippen LogP contribution in [0.5, 0.6) is 5.75 Å². The Balaban J connectivity index is 1.81. The van der Waals surface area contributed by atoms with Crippen molar-refractivity contribution in [3.63, 3.8) is 0 Å². The van der Waals surface area contributed by atoms with Crippen molar-refractivity contribution in [2.75, 3.05) is 5.32 Å². The van der Waals surface area contributed by atoms with Crippen LogP contribution < -0.4 is 10.1 Å². The van der Waals surface area contributed by atoms with E-state index in [2.05, 4.69) is 5.32 Å². The topological polar surface area (TPSA) is 55.4 Å². The van der Waals surface area contributed by atoms with Gasteiger partial charge in [0.05, 0.1) is 5.69 Å². The number of hydrogen-bond acceptors (Lipinski definition) is 3. The molecule has 0 aliphatic heterocycles. The maximum atomic E-state index is 12.9. The van der Waals surface area contributed by atoms with Crippen LogP contribution in [0, 0.1) is 13.8 Å². The summed E-state index contributed by atoms with van der Waals surface area (Å²) in [6.07, 6.45) is -0.149. The Morgan fingerprint density at radius 3 is 2.34 bits per heavy atom. The quantitative estimate of drug-likeness (QED) is 0.558. The van der Waals surface area contributed by atoms with E-state index in [0.717, 1.165) is 11.1 Å². The van der Waals surface area contributed by atoms with Gasteiger partial charge < -0.3 is 10.1 Å². The van der Waals surface area contributed by atoms with Crippen LogP contribution in [0.4, 0.5) is 5.69 Å². The second-order valence-electron chi connectivity index (χ2n) is 7.01. The summed E-state index contributed by atoms with van der Waals surface area (Å²) in [6, 6.07) is 22.0. The molecule has 3 aromatic rings. The number of nitrogens with one attached hydrogen (secondary N) is 1. The highest BCUT2D eigenvalue weighted by Gasteiger charge is 2.22. The van der Waals surface area contributed by atoms with E-state index in [9.17, 15) is 9.59 Å². The molecule has 1 atom stereocenters. The predicted molar refractivity (Wildman–Crippen MR) is 116 cm³/mol. The van der Waals surface area contributed by atoms with Gasteiger partial charge in [-0.1, -0.05) is 61.5 Å². The molecule has 0 bridgehead atoms. The van der Waals surface area contributed by atoms with Gasteiger partial charge in [0.1, 0.15) is 5.75 Å². The minimum atomic E-state index is -0.657. The zero-order valence-corrected chi connectivity index (χ0v) is 16.9. The maximum absolute atomic E-state index is 12.9. The number of carbonyl (C=O) groups excluding carboxylic acids is 2. The Morgan fingerprint density at radius 2 is 1.62 bits per heavy atom. The van der Waals surface area contributed by atoms with Gasteiger partial charge in [-0.05, 0) is 49.6 Å². The average molecular weight is 387 g/mol. The number of aryl methyl sites for hydroxylation is 2. The summed E-state index contributed by atoms with van der Waals surface area (Å²) in [5.41, 5.74) is 3.55. The van der Waals surface area contributed by atoms with Crippen LogP contribution in [0.15, 0.2) is 72.8 Å². The Labute approximate surface area is 171 Å². The van der Waals surface area contributed by atoms with Gasteiger partial charge in [0.15, 0.2) is 11.9 Å². The predicted octanol–water partition coefficient (Wildman–Crippen LogP) is 5.33. The molecule has 0 fully saturated rings. The molecule has 0 saturated heterocycles. The standard InChI is InChI=1S/C25H25NO3/c1-4-22(29-23-16-17(2)14-15-18(23)3)25(28)26-21-13-9-8-12-20(21)24(27)19-10-6-5-7-11-19/h5-16,22H,4H2,1-3H3,(H,26,28). The van der Waals surface area contributed by atoms with Crippen LogP contribution >= 0.6 is 0 Å². The molecule has 0 aliphatic rings. The van der Waals surface area contributed by atoms with Gasteiger partial charge in [0.25, 0.3) is 5.91 Å². The highest BCUT2D eigenvalue weighted by Crippen LogP contribution is 2.23. The molecule has 0 heterocycles. The van der Waals surface area contributed by atoms with Crippen molar-refractivity contribution in [3.8, 4) is 5.75 Å². The molecule has 0 aliphatic carbocycles. The van der Waals surface area contributed by atoms with Crippen LogP contribution in [0.3, 0.4) is 0 Å². The molecule has 0 aromatic heterocycles. The van der Waals surface area contributed by atoms with Crippen LogP contribution in [0.25, 0.3) is 0 Å². The number of hydrogen-bond donors (Lipinski definition) is 1. The number of carbonyl (C=O) groups is 2. The summed E-state index contributed by atoms with van der Waals surface area (Å²) in [5, 5.41) is 2.88. The third kappa shape index (κ3) is 4.91. The molecule has 3 aromatic carbocycles. The highest BCUT2D eigenvalue weighted by molar-refractivity contribution is 6.14. The number of benzene rings is 3. The summed E-state index contributed by atoms with van der Waals surface area (Å²) in [5.74, 6) is 0.285. The van der Waals surface area contributed by atoms with Crippen molar-refractivity contribution in [2.24, 2.45) is 0 Å². The number of rotatable bonds is 7. The van der Waals surface area contributed by atoms with Crippen molar-refractivity contribution in [1.29, 1.82) is 0 Å². The summed E-state index contributed by atoms with van der Waals surface area (Å²) >= 11 is 0. The van der Waals surface area contributed by atoms with E-state index in [1.807, 2.05) is 57.2 Å². The zero-order chi connectivity index (χ0) is 20.8. The van der Waals surface area contributed by atoms with Crippen molar-refractivity contribution in [2.45, 2.75) is 33.3 Å². The van der Waals surface area contributed by atoms with Gasteiger partial charge in [-0.15, -0.1) is 0 Å². The lowest BCUT2D eigenvalue weighted by atomic mass is 10.0. The largest absolute Gasteiger partial charge is 0.480 e. The van der Waals surface area contributed by atoms with E-state index >= 15 is 0 Å². The molecule has 29 heavy (non-hydrogen) atoms. The lowest BCUT2D eigenvalue weighted by Gasteiger charge is -2.20. The minimum Gasteiger partial charge on any atom is -0.480 e. The van der Waals surface area contributed by atoms with Gasteiger partial charge in [0, 0.05) is 11.1 Å². The first-order valence-corrected chi connectivity index (χ1v) is 9.73.